The third-order valence-corrected chi connectivity index (χ3v) is 9.23. The van der Waals surface area contributed by atoms with Crippen molar-refractivity contribution in [1.29, 1.82) is 5.26 Å². The van der Waals surface area contributed by atoms with Crippen molar-refractivity contribution in [1.82, 2.24) is 30.2 Å². The zero-order valence-electron chi connectivity index (χ0n) is 24.4. The number of hydrogen-bond donors (Lipinski definition) is 2. The number of hydrogen-bond acceptors (Lipinski definition) is 9. The van der Waals surface area contributed by atoms with Gasteiger partial charge < -0.3 is 25.0 Å². The van der Waals surface area contributed by atoms with Gasteiger partial charge in [-0.2, -0.15) is 10.4 Å². The van der Waals surface area contributed by atoms with Crippen molar-refractivity contribution in [3.05, 3.63) is 71.4 Å². The summed E-state index contributed by atoms with van der Waals surface area (Å²) in [4.78, 5) is 24.2. The summed E-state index contributed by atoms with van der Waals surface area (Å²) >= 11 is 6.20. The number of nitrogens with zero attached hydrogens (tertiary/aromatic N) is 6. The molecule has 44 heavy (non-hydrogen) atoms. The van der Waals surface area contributed by atoms with E-state index >= 15 is 0 Å². The Bertz CT molecular complexity index is 1720. The van der Waals surface area contributed by atoms with Crippen LogP contribution in [-0.4, -0.2) is 76.5 Å². The quantitative estimate of drug-likeness (QED) is 0.321. The van der Waals surface area contributed by atoms with Crippen LogP contribution in [0.1, 0.15) is 35.8 Å². The van der Waals surface area contributed by atoms with E-state index in [4.69, 9.17) is 26.1 Å². The van der Waals surface area contributed by atoms with Gasteiger partial charge in [-0.15, -0.1) is 0 Å². The lowest BCUT2D eigenvalue weighted by Gasteiger charge is -2.28. The summed E-state index contributed by atoms with van der Waals surface area (Å²) < 4.78 is 13.6. The van der Waals surface area contributed by atoms with E-state index in [1.165, 1.54) is 0 Å². The maximum Gasteiger partial charge on any atom is 0.271 e. The highest BCUT2D eigenvalue weighted by atomic mass is 35.5. The lowest BCUT2D eigenvalue weighted by molar-refractivity contribution is 0.000107. The molecule has 2 aliphatic heterocycles. The van der Waals surface area contributed by atoms with E-state index in [9.17, 15) is 10.1 Å². The normalized spacial score (nSPS) is 24.7. The lowest BCUT2D eigenvalue weighted by atomic mass is 9.97. The molecule has 1 saturated carbocycles. The van der Waals surface area contributed by atoms with Gasteiger partial charge in [0, 0.05) is 55.2 Å². The van der Waals surface area contributed by atoms with E-state index in [1.807, 2.05) is 24.4 Å². The first kappa shape index (κ1) is 28.5. The summed E-state index contributed by atoms with van der Waals surface area (Å²) in [6, 6.07) is 11.7. The highest BCUT2D eigenvalue weighted by Crippen LogP contribution is 2.45. The van der Waals surface area contributed by atoms with Gasteiger partial charge in [0.1, 0.15) is 36.0 Å². The molecule has 1 unspecified atom stereocenters. The van der Waals surface area contributed by atoms with Gasteiger partial charge in [0.15, 0.2) is 0 Å². The molecule has 12 heteroatoms. The van der Waals surface area contributed by atoms with Crippen LogP contribution in [0.15, 0.2) is 55.1 Å². The number of rotatable bonds is 7. The first-order valence-electron chi connectivity index (χ1n) is 14.9. The topological polar surface area (TPSA) is 130 Å². The molecule has 0 bridgehead atoms. The maximum atomic E-state index is 12.9. The van der Waals surface area contributed by atoms with Gasteiger partial charge in [-0.05, 0) is 61.9 Å². The Hall–Kier alpha value is -4.24. The van der Waals surface area contributed by atoms with E-state index in [0.29, 0.717) is 46.9 Å². The summed E-state index contributed by atoms with van der Waals surface area (Å²) in [6.07, 6.45) is 8.54. The zero-order chi connectivity index (χ0) is 30.3. The van der Waals surface area contributed by atoms with Gasteiger partial charge in [0.05, 0.1) is 35.1 Å². The van der Waals surface area contributed by atoms with Crippen LogP contribution >= 0.6 is 11.6 Å². The van der Waals surface area contributed by atoms with Crippen LogP contribution in [0.3, 0.4) is 0 Å². The molecule has 3 fully saturated rings. The molecule has 4 aromatic rings. The van der Waals surface area contributed by atoms with E-state index in [-0.39, 0.29) is 23.2 Å². The number of amides is 1. The zero-order valence-corrected chi connectivity index (χ0v) is 25.1. The molecule has 4 aromatic heterocycles. The number of halogens is 1. The molecule has 1 aliphatic carbocycles. The first-order valence-corrected chi connectivity index (χ1v) is 15.3. The van der Waals surface area contributed by atoms with Crippen molar-refractivity contribution in [3.8, 4) is 22.9 Å². The maximum absolute atomic E-state index is 12.9. The minimum absolute atomic E-state index is 0.0235. The van der Waals surface area contributed by atoms with Crippen LogP contribution in [0.25, 0.3) is 16.6 Å². The molecule has 2 saturated heterocycles. The Balaban J connectivity index is 1.05. The molecule has 0 aromatic carbocycles. The van der Waals surface area contributed by atoms with E-state index in [0.717, 1.165) is 56.0 Å². The average molecular weight is 613 g/mol. The number of nitrogens with one attached hydrogen (secondary N) is 2. The molecule has 226 valence electrons. The summed E-state index contributed by atoms with van der Waals surface area (Å²) in [5, 5.41) is 21.0. The molecular weight excluding hydrogens is 580 g/mol. The number of anilines is 1. The number of pyridine rings is 3. The number of fused-ring (bicyclic) bond motifs is 2. The van der Waals surface area contributed by atoms with Gasteiger partial charge in [0.2, 0.25) is 0 Å². The van der Waals surface area contributed by atoms with Crippen molar-refractivity contribution in [3.63, 3.8) is 0 Å². The minimum Gasteiger partial charge on any atom is -0.489 e. The standard InChI is InChI=1S/C32H33ClN8O3/c1-32(39-31(42)29-27(33)3-2-6-36-29)10-21-16-40(17-22(21)11-32)28-5-4-20(13-37-28)26-9-24(44-19-25-15-35-7-8-43-25)18-41-30(26)23(12-34)14-38-41/h2-6,9,13-14,18,21-22,25,35H,7-8,10-11,15-17,19H2,1H3,(H,39,42)/t21-,22+,25?,32+. The van der Waals surface area contributed by atoms with Gasteiger partial charge in [-0.1, -0.05) is 11.6 Å². The van der Waals surface area contributed by atoms with Gasteiger partial charge in [0.25, 0.3) is 5.91 Å². The molecule has 0 spiro atoms. The number of carbonyl (C=O) groups excluding carboxylic acids is 1. The second-order valence-corrected chi connectivity index (χ2v) is 12.6. The van der Waals surface area contributed by atoms with Crippen LogP contribution in [-0.2, 0) is 4.74 Å². The third-order valence-electron chi connectivity index (χ3n) is 8.92. The second-order valence-electron chi connectivity index (χ2n) is 12.1. The Morgan fingerprint density at radius 2 is 2.09 bits per heavy atom. The molecular formula is C32H33ClN8O3. The Labute approximate surface area is 260 Å². The summed E-state index contributed by atoms with van der Waals surface area (Å²) in [6.45, 7) is 6.53. The van der Waals surface area contributed by atoms with Crippen LogP contribution in [0.4, 0.5) is 5.82 Å². The summed E-state index contributed by atoms with van der Waals surface area (Å²) in [7, 11) is 0. The Morgan fingerprint density at radius 1 is 1.25 bits per heavy atom. The monoisotopic (exact) mass is 612 g/mol. The molecule has 7 rings (SSSR count). The van der Waals surface area contributed by atoms with Crippen molar-refractivity contribution >= 4 is 28.8 Å². The summed E-state index contributed by atoms with van der Waals surface area (Å²) in [5.41, 5.74) is 2.87. The Kier molecular flexibility index (Phi) is 7.58. The van der Waals surface area contributed by atoms with Gasteiger partial charge in [-0.25, -0.2) is 14.5 Å². The van der Waals surface area contributed by atoms with Crippen molar-refractivity contribution in [2.75, 3.05) is 44.3 Å². The van der Waals surface area contributed by atoms with Crippen LogP contribution < -0.4 is 20.3 Å². The van der Waals surface area contributed by atoms with Crippen LogP contribution in [0, 0.1) is 23.2 Å². The molecule has 4 atom stereocenters. The summed E-state index contributed by atoms with van der Waals surface area (Å²) in [5.74, 6) is 2.22. The highest BCUT2D eigenvalue weighted by molar-refractivity contribution is 6.33. The van der Waals surface area contributed by atoms with Crippen LogP contribution in [0.5, 0.6) is 5.75 Å². The second kappa shape index (κ2) is 11.7. The number of morpholine rings is 1. The minimum atomic E-state index is -0.307. The number of aromatic nitrogens is 4. The highest BCUT2D eigenvalue weighted by Gasteiger charge is 2.47. The molecule has 0 radical (unpaired) electrons. The Morgan fingerprint density at radius 3 is 2.80 bits per heavy atom. The number of ether oxygens (including phenoxy) is 2. The fourth-order valence-electron chi connectivity index (χ4n) is 6.94. The van der Waals surface area contributed by atoms with Gasteiger partial charge in [-0.3, -0.25) is 4.79 Å². The SMILES string of the molecule is C[C@@]1(NC(=O)c2ncccc2Cl)C[C@H]2CN(c3ccc(-c4cc(OCC5CNCCO5)cn5ncc(C#N)c45)cn3)C[C@H]2C1. The number of carbonyl (C=O) groups is 1. The third kappa shape index (κ3) is 5.56. The van der Waals surface area contributed by atoms with Crippen molar-refractivity contribution in [2.45, 2.75) is 31.4 Å². The largest absolute Gasteiger partial charge is 0.489 e. The predicted octanol–water partition coefficient (Wildman–Crippen LogP) is 3.72. The molecule has 6 heterocycles. The fourth-order valence-corrected chi connectivity index (χ4v) is 7.15. The fraction of sp³-hybridized carbons (Fsp3) is 0.406. The van der Waals surface area contributed by atoms with Crippen molar-refractivity contribution < 1.29 is 14.3 Å². The van der Waals surface area contributed by atoms with Crippen LogP contribution in [0.2, 0.25) is 5.02 Å². The van der Waals surface area contributed by atoms with Crippen molar-refractivity contribution in [2.24, 2.45) is 11.8 Å². The predicted molar refractivity (Wildman–Crippen MR) is 165 cm³/mol. The molecule has 3 aliphatic rings. The average Bonchev–Trinajstić information content (AvgIpc) is 3.71. The molecule has 11 nitrogen and oxygen atoms in total. The van der Waals surface area contributed by atoms with Gasteiger partial charge >= 0.3 is 0 Å². The number of nitriles is 1. The lowest BCUT2D eigenvalue weighted by Crippen LogP contribution is -2.45. The smallest absolute Gasteiger partial charge is 0.271 e. The molecule has 1 amide bonds. The van der Waals surface area contributed by atoms with E-state index < -0.39 is 0 Å². The first-order chi connectivity index (χ1) is 21.4. The van der Waals surface area contributed by atoms with E-state index in [1.54, 1.807) is 35.2 Å². The molecule has 2 N–H and O–H groups in total. The van der Waals surface area contributed by atoms with E-state index in [2.05, 4.69) is 38.6 Å².